The minimum Gasteiger partial charge on any atom is -0.507 e. The fourth-order valence-corrected chi connectivity index (χ4v) is 17.0. The van der Waals surface area contributed by atoms with Gasteiger partial charge in [0.15, 0.2) is 28.0 Å². The van der Waals surface area contributed by atoms with Crippen molar-refractivity contribution in [3.63, 3.8) is 0 Å². The monoisotopic (exact) mass is 1820 g/mol. The molecule has 4 spiro atoms. The van der Waals surface area contributed by atoms with Crippen molar-refractivity contribution in [2.75, 3.05) is 66.5 Å². The Bertz CT molecular complexity index is 5930. The third-order valence-electron chi connectivity index (χ3n) is 23.1. The van der Waals surface area contributed by atoms with Crippen molar-refractivity contribution >= 4 is 87.5 Å². The fraction of sp³-hybridized carbons (Fsp3) is 0.364. The lowest BCUT2D eigenvalue weighted by Gasteiger charge is -2.48. The number of phenols is 1. The third kappa shape index (κ3) is 26.7. The minimum absolute atomic E-state index is 0. The number of nitrogens with one attached hydrogen (secondary N) is 1. The number of nitrogens with two attached hydrogens (primary N) is 1. The number of hydrogen-bond acceptors (Lipinski definition) is 25. The zero-order chi connectivity index (χ0) is 94.5. The van der Waals surface area contributed by atoms with E-state index in [0.29, 0.717) is 180 Å². The highest BCUT2D eigenvalue weighted by Crippen LogP contribution is 2.53. The molecule has 8 aliphatic rings. The maximum Gasteiger partial charge on any atom is 0.222 e. The number of hydroxylamine groups is 3. The molecule has 4 saturated heterocycles. The van der Waals surface area contributed by atoms with Gasteiger partial charge in [0.25, 0.3) is 0 Å². The Labute approximate surface area is 773 Å². The Balaban J connectivity index is 0.000000183. The second-order valence-corrected chi connectivity index (χ2v) is 44.1. The number of hydrogen-bond donors (Lipinski definition) is 4. The molecule has 16 rings (SSSR count). The summed E-state index contributed by atoms with van der Waals surface area (Å²) in [6, 6.07) is 63.0. The second kappa shape index (κ2) is 44.5. The lowest BCUT2D eigenvalue weighted by Crippen LogP contribution is -2.55. The highest BCUT2D eigenvalue weighted by atomic mass is 35.5. The van der Waals surface area contributed by atoms with Gasteiger partial charge in [-0.1, -0.05) is 72.8 Å². The van der Waals surface area contributed by atoms with Gasteiger partial charge in [-0.3, -0.25) is 42.9 Å². The molecule has 5 N–H and O–H groups in total. The molecule has 4 fully saturated rings. The van der Waals surface area contributed by atoms with Crippen LogP contribution >= 0.6 is 12.4 Å². The molecule has 680 valence electrons. The van der Waals surface area contributed by atoms with Crippen LogP contribution in [0.25, 0.3) is 44.5 Å². The van der Waals surface area contributed by atoms with Crippen LogP contribution in [0.5, 0.6) is 23.0 Å². The van der Waals surface area contributed by atoms with Gasteiger partial charge in [0.1, 0.15) is 45.6 Å². The number of ketones is 3. The van der Waals surface area contributed by atoms with Crippen LogP contribution in [0.2, 0.25) is 39.3 Å². The molecule has 0 aromatic heterocycles. The van der Waals surface area contributed by atoms with Crippen molar-refractivity contribution in [3.05, 3.63) is 214 Å². The van der Waals surface area contributed by atoms with E-state index in [4.69, 9.17) is 50.8 Å². The number of nitriles is 5. The first kappa shape index (κ1) is 101. The summed E-state index contributed by atoms with van der Waals surface area (Å²) in [6.07, 6.45) is 8.56. The lowest BCUT2D eigenvalue weighted by atomic mass is 9.78. The topological polar surface area (TPSA) is 420 Å². The number of benzene rings is 8. The highest BCUT2D eigenvalue weighted by molar-refractivity contribution is 6.76. The van der Waals surface area contributed by atoms with Crippen molar-refractivity contribution in [1.82, 2.24) is 30.1 Å². The van der Waals surface area contributed by atoms with Gasteiger partial charge in [0, 0.05) is 164 Å². The standard InChI is InChI=1S/C24H25N5O3.C23H20N4O2.C22H20N2O3.C15H11NO2.C7H18N2Si2.C7H11NO2.CH5NO.ClH/c1-16(30)29-10-8-23(9-11-29)15-24(27-22(26)28(2)32-24)20-13-19(6-7-21(20)31-23)18-5-3-4-17(12-18)14-25;1-16(28)27-9-7-23(8-10-27)13-21(26-15-25)20-12-19(5-6-22(20)29-23)18-4-2-3-17(11-18)14-24;1-15(25)24-9-7-22(8-10-24)13-20(26)19-12-18(5-6-21(19)27-22)17-4-2-3-16(11-17)14-23;1-10(17)14-8-13(5-6-15(14)18)12-4-2-3-11(7-12)9-16;1-10(2,3)8-7-9-11(4,5)6;1-6(9)8-4-2-7(10)3-5-8;1-2-3;/h3-7,12-13H,8-11,15H2,1-2H3,(H2,26,27);2-6,11-12H,7-10,13H2,1H3;2-6,11-12H,7-10,13H2,1H3;2-8,18H,1H3;1-6H3;2-5H2,1H3;2-3H,1H3;1H. The maximum atomic E-state index is 12.9. The number of ether oxygens (including phenoxy) is 3. The van der Waals surface area contributed by atoms with Gasteiger partial charge in [-0.25, -0.2) is 20.4 Å². The first-order valence-corrected chi connectivity index (χ1v) is 49.9. The van der Waals surface area contributed by atoms with Crippen LogP contribution < -0.4 is 25.4 Å². The molecule has 131 heavy (non-hydrogen) atoms. The van der Waals surface area contributed by atoms with Crippen LogP contribution in [0.15, 0.2) is 189 Å². The number of amides is 4. The number of fused-ring (bicyclic) bond motifs is 4. The molecule has 8 heterocycles. The molecule has 0 radical (unpaired) electrons. The van der Waals surface area contributed by atoms with Crippen molar-refractivity contribution in [2.45, 2.75) is 167 Å². The van der Waals surface area contributed by atoms with Crippen LogP contribution in [0.4, 0.5) is 0 Å². The first-order valence-electron chi connectivity index (χ1n) is 43.0. The molecule has 8 aromatic carbocycles. The van der Waals surface area contributed by atoms with Gasteiger partial charge in [0.05, 0.1) is 81.4 Å². The number of piperidine rings is 4. The summed E-state index contributed by atoms with van der Waals surface area (Å²) >= 11 is 0. The van der Waals surface area contributed by atoms with E-state index < -0.39 is 39.0 Å². The van der Waals surface area contributed by atoms with E-state index in [-0.39, 0.29) is 64.7 Å². The smallest absolute Gasteiger partial charge is 0.222 e. The number of carbonyl (C=O) groups is 7. The van der Waals surface area contributed by atoms with Crippen LogP contribution in [0.3, 0.4) is 0 Å². The SMILES string of the molecule is CC(=O)N1CCC(=O)CC1.CC(=O)N1CCC2(CC1)CC(=NC#N)c1cc(-c3cccc(C#N)c3)ccc1O2.CC(=O)N1CCC2(CC1)CC(=O)c1cc(-c3cccc(C#N)c3)ccc1O2.CC(=O)N1CCC2(CC1)CC1(N=C(N)N(C)O1)c1cc(-c3cccc(C#N)c3)ccc1O2.CC(=O)c1cc(-c2cccc(C#N)c2)ccc1O.CNO.C[Si](C)(C)N=C=N[Si](C)(C)C.Cl. The summed E-state index contributed by atoms with van der Waals surface area (Å²) in [5.74, 6) is 2.77. The Morgan fingerprint density at radius 1 is 0.481 bits per heavy atom. The van der Waals surface area contributed by atoms with E-state index >= 15 is 0 Å². The summed E-state index contributed by atoms with van der Waals surface area (Å²) in [4.78, 5) is 103. The number of rotatable bonds is 7. The van der Waals surface area contributed by atoms with Crippen LogP contribution in [-0.2, 0) is 34.5 Å². The number of phenolic OH excluding ortho intramolecular Hbond substituents is 1. The van der Waals surface area contributed by atoms with E-state index in [2.05, 4.69) is 83.9 Å². The number of carbonyl (C=O) groups excluding carboxylic acids is 7. The Morgan fingerprint density at radius 3 is 1.21 bits per heavy atom. The number of guanidine groups is 1. The van der Waals surface area contributed by atoms with Gasteiger partial charge >= 0.3 is 0 Å². The molecule has 8 aromatic rings. The molecular weight excluding hydrogens is 1710 g/mol. The lowest BCUT2D eigenvalue weighted by molar-refractivity contribution is -0.209. The third-order valence-corrected chi connectivity index (χ3v) is 24.7. The molecule has 0 aliphatic carbocycles. The average molecular weight is 1820 g/mol. The highest BCUT2D eigenvalue weighted by Gasteiger charge is 2.56. The van der Waals surface area contributed by atoms with Gasteiger partial charge in [-0.05, 0) is 188 Å². The first-order chi connectivity index (χ1) is 61.8. The summed E-state index contributed by atoms with van der Waals surface area (Å²) < 4.78 is 27.9. The Hall–Kier alpha value is -13.8. The predicted molar refractivity (Wildman–Crippen MR) is 506 cm³/mol. The summed E-state index contributed by atoms with van der Waals surface area (Å²) in [5, 5.41) is 64.0. The van der Waals surface area contributed by atoms with Crippen molar-refractivity contribution in [1.29, 1.82) is 26.3 Å². The Kier molecular flexibility index (Phi) is 34.3. The summed E-state index contributed by atoms with van der Waals surface area (Å²) in [5.41, 5.74) is 18.2. The summed E-state index contributed by atoms with van der Waals surface area (Å²) in [6.45, 7) is 25.8. The van der Waals surface area contributed by atoms with E-state index in [1.54, 1.807) is 91.6 Å². The minimum atomic E-state index is -1.31. The zero-order valence-corrected chi connectivity index (χ0v) is 79.0. The van der Waals surface area contributed by atoms with Crippen LogP contribution in [0.1, 0.15) is 159 Å². The molecule has 1 atom stereocenters. The Morgan fingerprint density at radius 2 is 0.832 bits per heavy atom. The number of likely N-dealkylation sites (tertiary alicyclic amines) is 4. The molecule has 0 saturated carbocycles. The fourth-order valence-electron chi connectivity index (χ4n) is 16.2. The predicted octanol–water partition coefficient (Wildman–Crippen LogP) is 16.1. The molecule has 32 heteroatoms. The molecule has 8 aliphatic heterocycles. The second-order valence-electron chi connectivity index (χ2n) is 35.0. The molecule has 4 amide bonds. The number of aromatic hydroxyl groups is 1. The number of Topliss-reactive ketones (excluding diaryl/α,β-unsaturated/α-hetero) is 3. The van der Waals surface area contributed by atoms with E-state index in [0.717, 1.165) is 55.6 Å². The summed E-state index contributed by atoms with van der Waals surface area (Å²) in [7, 11) is 0.545. The molecule has 1 unspecified atom stereocenters. The van der Waals surface area contributed by atoms with E-state index in [9.17, 15) is 49.2 Å². The number of nitrogens with zero attached hydrogens (tertiary/aromatic N) is 14. The number of aliphatic imine (C=N–C) groups is 2. The average Bonchev–Trinajstić information content (AvgIpc) is 1.64. The van der Waals surface area contributed by atoms with E-state index in [1.165, 1.54) is 32.0 Å². The van der Waals surface area contributed by atoms with Gasteiger partial charge in [0.2, 0.25) is 41.5 Å². The van der Waals surface area contributed by atoms with Crippen molar-refractivity contribution < 1.29 is 62.9 Å². The molecule has 0 bridgehead atoms. The van der Waals surface area contributed by atoms with Crippen molar-refractivity contribution in [3.8, 4) is 98.0 Å². The normalized spacial score (nSPS) is 17.5. The molecule has 29 nitrogen and oxygen atoms in total. The maximum absolute atomic E-state index is 12.9. The van der Waals surface area contributed by atoms with Crippen molar-refractivity contribution in [2.24, 2.45) is 25.0 Å². The zero-order valence-electron chi connectivity index (χ0n) is 76.2. The molecular formula is C99H111ClN16O13Si2. The largest absolute Gasteiger partial charge is 0.507 e. The number of halogens is 1. The van der Waals surface area contributed by atoms with Gasteiger partial charge in [-0.15, -0.1) is 12.4 Å². The van der Waals surface area contributed by atoms with Gasteiger partial charge in [-0.2, -0.15) is 31.3 Å². The van der Waals surface area contributed by atoms with Gasteiger partial charge < -0.3 is 49.9 Å². The quantitative estimate of drug-likeness (QED) is 0.0378. The van der Waals surface area contributed by atoms with Crippen LogP contribution in [-0.4, -0.2) is 193 Å². The van der Waals surface area contributed by atoms with E-state index in [1.807, 2.05) is 131 Å². The van der Waals surface area contributed by atoms with Crippen LogP contribution in [0, 0.1) is 56.8 Å².